The van der Waals surface area contributed by atoms with Crippen molar-refractivity contribution in [2.24, 2.45) is 0 Å². The first-order valence-electron chi connectivity index (χ1n) is 7.15. The summed E-state index contributed by atoms with van der Waals surface area (Å²) in [5, 5.41) is 10.2. The summed E-state index contributed by atoms with van der Waals surface area (Å²) in [5.74, 6) is -1.13. The van der Waals surface area contributed by atoms with Gasteiger partial charge in [0.2, 0.25) is 0 Å². The minimum Gasteiger partial charge on any atom is -0.481 e. The predicted octanol–water partition coefficient (Wildman–Crippen LogP) is 2.04. The molecule has 0 aromatic carbocycles. The summed E-state index contributed by atoms with van der Waals surface area (Å²) in [6.45, 7) is 5.06. The zero-order chi connectivity index (χ0) is 14.7. The Kier molecular flexibility index (Phi) is 4.99. The smallest absolute Gasteiger partial charge is 0.312 e. The number of aromatic nitrogens is 1. The number of aryl methyl sites for hydroxylation is 1. The first kappa shape index (κ1) is 15.3. The second kappa shape index (κ2) is 6.54. The molecule has 1 atom stereocenters. The van der Waals surface area contributed by atoms with Crippen molar-refractivity contribution in [3.8, 4) is 0 Å². The SMILES string of the molecule is CCN(CCCN(C)C)c1nc2c(s1)CCC2C(=O)O. The fraction of sp³-hybridized carbons (Fsp3) is 0.714. The second-order valence-electron chi connectivity index (χ2n) is 5.47. The molecular formula is C14H23N3O2S. The summed E-state index contributed by atoms with van der Waals surface area (Å²) < 4.78 is 0. The number of rotatable bonds is 7. The molecule has 20 heavy (non-hydrogen) atoms. The molecular weight excluding hydrogens is 274 g/mol. The van der Waals surface area contributed by atoms with E-state index in [0.717, 1.165) is 43.3 Å². The van der Waals surface area contributed by atoms with Crippen LogP contribution in [-0.2, 0) is 11.2 Å². The van der Waals surface area contributed by atoms with Crippen molar-refractivity contribution in [2.45, 2.75) is 32.1 Å². The number of hydrogen-bond donors (Lipinski definition) is 1. The van der Waals surface area contributed by atoms with Gasteiger partial charge in [-0.1, -0.05) is 0 Å². The van der Waals surface area contributed by atoms with Crippen LogP contribution in [0, 0.1) is 0 Å². The molecule has 1 aromatic rings. The van der Waals surface area contributed by atoms with Crippen LogP contribution in [0.1, 0.15) is 36.3 Å². The van der Waals surface area contributed by atoms with Gasteiger partial charge in [0.05, 0.1) is 5.69 Å². The Morgan fingerprint density at radius 1 is 1.45 bits per heavy atom. The van der Waals surface area contributed by atoms with E-state index in [9.17, 15) is 9.90 Å². The summed E-state index contributed by atoms with van der Waals surface area (Å²) in [5.41, 5.74) is 0.809. The number of nitrogens with zero attached hydrogens (tertiary/aromatic N) is 3. The fourth-order valence-electron chi connectivity index (χ4n) is 2.56. The normalized spacial score (nSPS) is 17.5. The standard InChI is InChI=1S/C14H23N3O2S/c1-4-17(9-5-8-16(2)3)14-15-12-10(13(18)19)6-7-11(12)20-14/h10H,4-9H2,1-3H3,(H,18,19). The van der Waals surface area contributed by atoms with Crippen molar-refractivity contribution in [3.63, 3.8) is 0 Å². The van der Waals surface area contributed by atoms with Gasteiger partial charge in [-0.3, -0.25) is 4.79 Å². The number of aliphatic carboxylic acids is 1. The van der Waals surface area contributed by atoms with E-state index in [-0.39, 0.29) is 0 Å². The van der Waals surface area contributed by atoms with Crippen LogP contribution in [0.4, 0.5) is 5.13 Å². The Morgan fingerprint density at radius 3 is 2.80 bits per heavy atom. The molecule has 1 aliphatic carbocycles. The number of carboxylic acids is 1. The van der Waals surface area contributed by atoms with Crippen molar-refractivity contribution >= 4 is 22.4 Å². The number of hydrogen-bond acceptors (Lipinski definition) is 5. The molecule has 0 radical (unpaired) electrons. The topological polar surface area (TPSA) is 56.7 Å². The third-order valence-corrected chi connectivity index (χ3v) is 4.88. The van der Waals surface area contributed by atoms with E-state index in [1.165, 1.54) is 4.88 Å². The number of thiazole rings is 1. The van der Waals surface area contributed by atoms with Crippen LogP contribution in [0.2, 0.25) is 0 Å². The average molecular weight is 297 g/mol. The molecule has 0 fully saturated rings. The van der Waals surface area contributed by atoms with Crippen molar-refractivity contribution in [1.82, 2.24) is 9.88 Å². The molecule has 1 heterocycles. The van der Waals surface area contributed by atoms with Crippen LogP contribution < -0.4 is 4.90 Å². The van der Waals surface area contributed by atoms with Crippen LogP contribution in [0.25, 0.3) is 0 Å². The van der Waals surface area contributed by atoms with Gasteiger partial charge in [0.1, 0.15) is 5.92 Å². The van der Waals surface area contributed by atoms with Crippen molar-refractivity contribution in [2.75, 3.05) is 38.6 Å². The molecule has 1 aliphatic rings. The quantitative estimate of drug-likeness (QED) is 0.834. The molecule has 6 heteroatoms. The maximum atomic E-state index is 11.2. The second-order valence-corrected chi connectivity index (χ2v) is 6.53. The maximum Gasteiger partial charge on any atom is 0.312 e. The molecule has 0 saturated heterocycles. The molecule has 0 saturated carbocycles. The summed E-state index contributed by atoms with van der Waals surface area (Å²) in [7, 11) is 4.15. The van der Waals surface area contributed by atoms with E-state index in [1.807, 2.05) is 0 Å². The highest BCUT2D eigenvalue weighted by atomic mass is 32.1. The van der Waals surface area contributed by atoms with Gasteiger partial charge in [-0.2, -0.15) is 0 Å². The minimum atomic E-state index is -0.740. The molecule has 1 N–H and O–H groups in total. The maximum absolute atomic E-state index is 11.2. The average Bonchev–Trinajstić information content (AvgIpc) is 2.93. The van der Waals surface area contributed by atoms with Gasteiger partial charge in [0.25, 0.3) is 0 Å². The number of carboxylic acid groups (broad SMARTS) is 1. The zero-order valence-electron chi connectivity index (χ0n) is 12.4. The van der Waals surface area contributed by atoms with E-state index in [0.29, 0.717) is 6.42 Å². The molecule has 0 aliphatic heterocycles. The zero-order valence-corrected chi connectivity index (χ0v) is 13.2. The van der Waals surface area contributed by atoms with Crippen LogP contribution >= 0.6 is 11.3 Å². The Hall–Kier alpha value is -1.14. The van der Waals surface area contributed by atoms with Gasteiger partial charge < -0.3 is 14.9 Å². The lowest BCUT2D eigenvalue weighted by molar-refractivity contribution is -0.138. The minimum absolute atomic E-state index is 0.393. The van der Waals surface area contributed by atoms with Crippen molar-refractivity contribution in [3.05, 3.63) is 10.6 Å². The monoisotopic (exact) mass is 297 g/mol. The predicted molar refractivity (Wildman–Crippen MR) is 81.9 cm³/mol. The van der Waals surface area contributed by atoms with E-state index in [2.05, 4.69) is 35.8 Å². The Morgan fingerprint density at radius 2 is 2.20 bits per heavy atom. The van der Waals surface area contributed by atoms with Gasteiger partial charge in [-0.05, 0) is 46.8 Å². The molecule has 0 amide bonds. The van der Waals surface area contributed by atoms with E-state index in [1.54, 1.807) is 11.3 Å². The van der Waals surface area contributed by atoms with E-state index >= 15 is 0 Å². The highest BCUT2D eigenvalue weighted by Crippen LogP contribution is 2.39. The van der Waals surface area contributed by atoms with Crippen molar-refractivity contribution < 1.29 is 9.90 Å². The van der Waals surface area contributed by atoms with Crippen LogP contribution in [0.15, 0.2) is 0 Å². The summed E-state index contributed by atoms with van der Waals surface area (Å²) in [4.78, 5) is 21.4. The number of fused-ring (bicyclic) bond motifs is 1. The van der Waals surface area contributed by atoms with Gasteiger partial charge in [-0.25, -0.2) is 4.98 Å². The molecule has 112 valence electrons. The number of anilines is 1. The molecule has 1 aromatic heterocycles. The Balaban J connectivity index is 2.05. The first-order valence-corrected chi connectivity index (χ1v) is 7.96. The van der Waals surface area contributed by atoms with Gasteiger partial charge in [-0.15, -0.1) is 11.3 Å². The molecule has 0 bridgehead atoms. The fourth-order valence-corrected chi connectivity index (χ4v) is 3.78. The molecule has 0 spiro atoms. The summed E-state index contributed by atoms with van der Waals surface area (Å²) in [6.07, 6.45) is 2.66. The molecule has 1 unspecified atom stereocenters. The van der Waals surface area contributed by atoms with Crippen molar-refractivity contribution in [1.29, 1.82) is 0 Å². The number of carbonyl (C=O) groups is 1. The van der Waals surface area contributed by atoms with Crippen LogP contribution in [0.3, 0.4) is 0 Å². The Bertz CT molecular complexity index is 473. The lowest BCUT2D eigenvalue weighted by atomic mass is 10.1. The third kappa shape index (κ3) is 3.30. The van der Waals surface area contributed by atoms with Gasteiger partial charge in [0.15, 0.2) is 5.13 Å². The largest absolute Gasteiger partial charge is 0.481 e. The van der Waals surface area contributed by atoms with Crippen LogP contribution in [-0.4, -0.2) is 54.7 Å². The van der Waals surface area contributed by atoms with E-state index in [4.69, 9.17) is 0 Å². The van der Waals surface area contributed by atoms with Gasteiger partial charge >= 0.3 is 5.97 Å². The molecule has 2 rings (SSSR count). The third-order valence-electron chi connectivity index (χ3n) is 3.69. The molecule has 5 nitrogen and oxygen atoms in total. The highest BCUT2D eigenvalue weighted by Gasteiger charge is 2.33. The lowest BCUT2D eigenvalue weighted by Gasteiger charge is -2.21. The first-order chi connectivity index (χ1) is 9.52. The summed E-state index contributed by atoms with van der Waals surface area (Å²) in [6, 6.07) is 0. The van der Waals surface area contributed by atoms with Crippen LogP contribution in [0.5, 0.6) is 0 Å². The van der Waals surface area contributed by atoms with E-state index < -0.39 is 11.9 Å². The lowest BCUT2D eigenvalue weighted by Crippen LogP contribution is -2.27. The summed E-state index contributed by atoms with van der Waals surface area (Å²) >= 11 is 1.67. The Labute approximate surface area is 124 Å². The van der Waals surface area contributed by atoms with Gasteiger partial charge in [0, 0.05) is 18.0 Å². The highest BCUT2D eigenvalue weighted by molar-refractivity contribution is 7.15.